The van der Waals surface area contributed by atoms with Crippen LogP contribution in [0.4, 0.5) is 5.95 Å². The molecule has 1 aromatic heterocycles. The van der Waals surface area contributed by atoms with E-state index in [2.05, 4.69) is 20.7 Å². The van der Waals surface area contributed by atoms with E-state index in [1.54, 1.807) is 0 Å². The maximum absolute atomic E-state index is 12.7. The molecule has 2 amide bonds. The van der Waals surface area contributed by atoms with E-state index in [1.807, 2.05) is 60.7 Å². The molecule has 142 valence electrons. The summed E-state index contributed by atoms with van der Waals surface area (Å²) < 4.78 is 1.51. The highest BCUT2D eigenvalue weighted by molar-refractivity contribution is 7.98. The molecule has 0 bridgehead atoms. The maximum Gasteiger partial charge on any atom is 0.245 e. The summed E-state index contributed by atoms with van der Waals surface area (Å²) in [5.41, 5.74) is 2.15. The average molecular weight is 393 g/mol. The molecule has 2 N–H and O–H groups in total. The summed E-state index contributed by atoms with van der Waals surface area (Å²) in [7, 11) is 0. The highest BCUT2D eigenvalue weighted by Gasteiger charge is 2.33. The Kier molecular flexibility index (Phi) is 5.38. The van der Waals surface area contributed by atoms with Crippen molar-refractivity contribution in [3.05, 3.63) is 71.8 Å². The molecule has 0 fully saturated rings. The van der Waals surface area contributed by atoms with Gasteiger partial charge in [0, 0.05) is 12.3 Å². The molecule has 3 aromatic rings. The summed E-state index contributed by atoms with van der Waals surface area (Å²) in [4.78, 5) is 29.1. The van der Waals surface area contributed by atoms with E-state index in [0.717, 1.165) is 11.1 Å². The Morgan fingerprint density at radius 1 is 1.11 bits per heavy atom. The third-order valence-corrected chi connectivity index (χ3v) is 5.27. The molecular weight excluding hydrogens is 374 g/mol. The van der Waals surface area contributed by atoms with Crippen LogP contribution in [0, 0.1) is 0 Å². The quantitative estimate of drug-likeness (QED) is 0.629. The Balaban J connectivity index is 1.45. The first-order valence-electron chi connectivity index (χ1n) is 8.94. The molecule has 1 unspecified atom stereocenters. The molecule has 0 saturated carbocycles. The van der Waals surface area contributed by atoms with Gasteiger partial charge in [-0.1, -0.05) is 72.4 Å². The van der Waals surface area contributed by atoms with Crippen LogP contribution in [0.2, 0.25) is 0 Å². The van der Waals surface area contributed by atoms with Crippen molar-refractivity contribution >= 4 is 29.5 Å². The molecule has 1 atom stereocenters. The van der Waals surface area contributed by atoms with Crippen molar-refractivity contribution in [1.29, 1.82) is 0 Å². The molecule has 2 aromatic carbocycles. The first kappa shape index (κ1) is 18.2. The van der Waals surface area contributed by atoms with Gasteiger partial charge in [-0.05, 0) is 11.1 Å². The van der Waals surface area contributed by atoms with Gasteiger partial charge in [0.05, 0.1) is 6.42 Å². The zero-order valence-electron chi connectivity index (χ0n) is 15.0. The van der Waals surface area contributed by atoms with Crippen molar-refractivity contribution in [3.63, 3.8) is 0 Å². The lowest BCUT2D eigenvalue weighted by Crippen LogP contribution is -2.39. The summed E-state index contributed by atoms with van der Waals surface area (Å²) in [6.45, 7) is 0.400. The predicted molar refractivity (Wildman–Crippen MR) is 107 cm³/mol. The number of carbonyl (C=O) groups is 2. The largest absolute Gasteiger partial charge is 0.350 e. The molecule has 28 heavy (non-hydrogen) atoms. The van der Waals surface area contributed by atoms with E-state index in [1.165, 1.54) is 16.4 Å². The fourth-order valence-electron chi connectivity index (χ4n) is 2.93. The Morgan fingerprint density at radius 2 is 1.79 bits per heavy atom. The van der Waals surface area contributed by atoms with Crippen molar-refractivity contribution in [1.82, 2.24) is 20.1 Å². The number of hydrogen-bond donors (Lipinski definition) is 2. The van der Waals surface area contributed by atoms with Gasteiger partial charge in [-0.2, -0.15) is 4.98 Å². The topological polar surface area (TPSA) is 88.9 Å². The van der Waals surface area contributed by atoms with Crippen LogP contribution in [0.1, 0.15) is 23.6 Å². The molecule has 0 aliphatic carbocycles. The second-order valence-electron chi connectivity index (χ2n) is 6.41. The number of nitrogens with one attached hydrogen (secondary N) is 2. The van der Waals surface area contributed by atoms with Crippen molar-refractivity contribution in [2.75, 3.05) is 5.32 Å². The van der Waals surface area contributed by atoms with Crippen LogP contribution in [0.5, 0.6) is 0 Å². The van der Waals surface area contributed by atoms with Crippen LogP contribution in [0.25, 0.3) is 0 Å². The Labute approximate surface area is 166 Å². The maximum atomic E-state index is 12.7. The van der Waals surface area contributed by atoms with Crippen molar-refractivity contribution in [2.24, 2.45) is 0 Å². The number of benzene rings is 2. The van der Waals surface area contributed by atoms with E-state index >= 15 is 0 Å². The second kappa shape index (κ2) is 8.26. The fourth-order valence-corrected chi connectivity index (χ4v) is 3.72. The summed E-state index contributed by atoms with van der Waals surface area (Å²) in [6.07, 6.45) is 0.0414. The van der Waals surface area contributed by atoms with Crippen LogP contribution in [0.15, 0.2) is 65.8 Å². The molecule has 0 radical (unpaired) electrons. The molecule has 0 saturated heterocycles. The number of carbonyl (C=O) groups excluding carboxylic acids is 2. The zero-order valence-corrected chi connectivity index (χ0v) is 15.9. The fraction of sp³-hybridized carbons (Fsp3) is 0.200. The van der Waals surface area contributed by atoms with E-state index in [9.17, 15) is 9.59 Å². The number of anilines is 1. The normalized spacial score (nSPS) is 15.6. The third kappa shape index (κ3) is 4.23. The van der Waals surface area contributed by atoms with Gasteiger partial charge < -0.3 is 5.32 Å². The molecular formula is C20H19N5O2S. The van der Waals surface area contributed by atoms with Gasteiger partial charge >= 0.3 is 0 Å². The van der Waals surface area contributed by atoms with E-state index in [4.69, 9.17) is 0 Å². The lowest BCUT2D eigenvalue weighted by molar-refractivity contribution is -0.129. The molecule has 8 heteroatoms. The zero-order chi connectivity index (χ0) is 19.3. The van der Waals surface area contributed by atoms with Crippen LogP contribution >= 0.6 is 11.8 Å². The highest BCUT2D eigenvalue weighted by Crippen LogP contribution is 2.27. The monoisotopic (exact) mass is 393 g/mol. The SMILES string of the molecule is O=C1CC(C(=O)NCc2ccccc2)n2nc(SCc3ccccc3)nc2N1. The molecule has 1 aliphatic heterocycles. The molecule has 4 rings (SSSR count). The van der Waals surface area contributed by atoms with E-state index in [0.29, 0.717) is 23.4 Å². The number of hydrogen-bond acceptors (Lipinski definition) is 5. The van der Waals surface area contributed by atoms with Crippen molar-refractivity contribution in [3.8, 4) is 0 Å². The van der Waals surface area contributed by atoms with Crippen LogP contribution in [-0.2, 0) is 21.9 Å². The minimum atomic E-state index is -0.703. The first-order chi connectivity index (χ1) is 13.7. The van der Waals surface area contributed by atoms with E-state index < -0.39 is 6.04 Å². The molecule has 2 heterocycles. The second-order valence-corrected chi connectivity index (χ2v) is 7.35. The van der Waals surface area contributed by atoms with Gasteiger partial charge in [0.2, 0.25) is 22.9 Å². The number of aromatic nitrogens is 3. The van der Waals surface area contributed by atoms with Crippen molar-refractivity contribution in [2.45, 2.75) is 29.9 Å². The highest BCUT2D eigenvalue weighted by atomic mass is 32.2. The third-order valence-electron chi connectivity index (χ3n) is 4.36. The lowest BCUT2D eigenvalue weighted by atomic mass is 10.1. The first-order valence-corrected chi connectivity index (χ1v) is 9.92. The number of fused-ring (bicyclic) bond motifs is 1. The molecule has 0 spiro atoms. The number of amides is 2. The molecule has 1 aliphatic rings. The minimum absolute atomic E-state index is 0.0414. The Morgan fingerprint density at radius 3 is 2.50 bits per heavy atom. The van der Waals surface area contributed by atoms with Gasteiger partial charge in [-0.15, -0.1) is 5.10 Å². The minimum Gasteiger partial charge on any atom is -0.350 e. The predicted octanol–water partition coefficient (Wildman–Crippen LogP) is 2.77. The van der Waals surface area contributed by atoms with Crippen molar-refractivity contribution < 1.29 is 9.59 Å². The Bertz CT molecular complexity index is 975. The number of thioether (sulfide) groups is 1. The van der Waals surface area contributed by atoms with E-state index in [-0.39, 0.29) is 18.2 Å². The average Bonchev–Trinajstić information content (AvgIpc) is 3.14. The molecule has 7 nitrogen and oxygen atoms in total. The summed E-state index contributed by atoms with van der Waals surface area (Å²) in [6, 6.07) is 18.9. The van der Waals surface area contributed by atoms with Crippen LogP contribution in [0.3, 0.4) is 0 Å². The summed E-state index contributed by atoms with van der Waals surface area (Å²) in [5, 5.41) is 10.6. The number of rotatable bonds is 6. The van der Waals surface area contributed by atoms with Gasteiger partial charge in [-0.3, -0.25) is 14.9 Å². The van der Waals surface area contributed by atoms with Crippen LogP contribution < -0.4 is 10.6 Å². The lowest BCUT2D eigenvalue weighted by Gasteiger charge is -2.22. The van der Waals surface area contributed by atoms with Gasteiger partial charge in [0.25, 0.3) is 0 Å². The van der Waals surface area contributed by atoms with Gasteiger partial charge in [0.1, 0.15) is 6.04 Å². The Hall–Kier alpha value is -3.13. The van der Waals surface area contributed by atoms with Crippen LogP contribution in [-0.4, -0.2) is 26.6 Å². The smallest absolute Gasteiger partial charge is 0.245 e. The van der Waals surface area contributed by atoms with Gasteiger partial charge in [0.15, 0.2) is 0 Å². The summed E-state index contributed by atoms with van der Waals surface area (Å²) in [5.74, 6) is 0.541. The summed E-state index contributed by atoms with van der Waals surface area (Å²) >= 11 is 1.47. The standard InChI is InChI=1S/C20H19N5O2S/c26-17-11-16(18(27)21-12-14-7-3-1-4-8-14)25-19(22-17)23-20(24-25)28-13-15-9-5-2-6-10-15/h1-10,16H,11-13H2,(H,21,27)(H,22,23,24,26). The van der Waals surface area contributed by atoms with Gasteiger partial charge in [-0.25, -0.2) is 4.68 Å². The number of nitrogens with zero attached hydrogens (tertiary/aromatic N) is 3.